The van der Waals surface area contributed by atoms with Gasteiger partial charge >= 0.3 is 0 Å². The molecule has 1 heterocycles. The Kier molecular flexibility index (Phi) is 4.11. The van der Waals surface area contributed by atoms with Crippen molar-refractivity contribution in [3.8, 4) is 0 Å². The second-order valence-electron chi connectivity index (χ2n) is 5.74. The van der Waals surface area contributed by atoms with Gasteiger partial charge in [-0.15, -0.1) is 0 Å². The largest absolute Gasteiger partial charge is 0.383 e. The lowest BCUT2D eigenvalue weighted by molar-refractivity contribution is -0.122. The van der Waals surface area contributed by atoms with Crippen molar-refractivity contribution in [2.24, 2.45) is 0 Å². The maximum atomic E-state index is 11.9. The molecule has 1 unspecified atom stereocenters. The number of hydrogen-bond donors (Lipinski definition) is 3. The van der Waals surface area contributed by atoms with Gasteiger partial charge in [0.25, 0.3) is 0 Å². The van der Waals surface area contributed by atoms with Crippen LogP contribution in [0.5, 0.6) is 0 Å². The molecule has 1 amide bonds. The van der Waals surface area contributed by atoms with E-state index in [9.17, 15) is 4.79 Å². The van der Waals surface area contributed by atoms with E-state index in [1.807, 2.05) is 27.7 Å². The molecule has 0 saturated heterocycles. The number of nitrogen functional groups attached to an aromatic ring is 1. The summed E-state index contributed by atoms with van der Waals surface area (Å²) in [5.74, 6) is 2.31. The van der Waals surface area contributed by atoms with Gasteiger partial charge in [0.15, 0.2) is 0 Å². The highest BCUT2D eigenvalue weighted by Crippen LogP contribution is 2.39. The molecule has 0 spiro atoms. The Morgan fingerprint density at radius 3 is 2.50 bits per heavy atom. The number of aromatic nitrogens is 2. The smallest absolute Gasteiger partial charge is 0.242 e. The Morgan fingerprint density at radius 1 is 1.30 bits per heavy atom. The highest BCUT2D eigenvalue weighted by atomic mass is 16.2. The van der Waals surface area contributed by atoms with Crippen LogP contribution in [0.2, 0.25) is 0 Å². The third-order valence-electron chi connectivity index (χ3n) is 3.32. The minimum absolute atomic E-state index is 0.0513. The van der Waals surface area contributed by atoms with Crippen LogP contribution < -0.4 is 16.4 Å². The first-order valence-electron chi connectivity index (χ1n) is 7.09. The van der Waals surface area contributed by atoms with Crippen molar-refractivity contribution in [3.63, 3.8) is 0 Å². The van der Waals surface area contributed by atoms with E-state index >= 15 is 0 Å². The zero-order valence-electron chi connectivity index (χ0n) is 12.5. The predicted octanol–water partition coefficient (Wildman–Crippen LogP) is 1.57. The number of anilines is 2. The first kappa shape index (κ1) is 14.6. The minimum Gasteiger partial charge on any atom is -0.383 e. The van der Waals surface area contributed by atoms with E-state index in [-0.39, 0.29) is 18.0 Å². The zero-order chi connectivity index (χ0) is 14.9. The lowest BCUT2D eigenvalue weighted by Crippen LogP contribution is -2.41. The number of nitrogens with two attached hydrogens (primary N) is 1. The Labute approximate surface area is 119 Å². The van der Waals surface area contributed by atoms with Crippen LogP contribution in [0.4, 0.5) is 11.6 Å². The lowest BCUT2D eigenvalue weighted by atomic mass is 10.2. The molecule has 2 rings (SSSR count). The monoisotopic (exact) mass is 277 g/mol. The molecule has 6 nitrogen and oxygen atoms in total. The average molecular weight is 277 g/mol. The molecule has 6 heteroatoms. The van der Waals surface area contributed by atoms with Crippen molar-refractivity contribution >= 4 is 17.5 Å². The standard InChI is InChI=1S/C14H23N5O/c1-7(2)16-14(20)9(4)17-12-8(3)11(15)18-13(19-12)10-5-6-10/h7,9-10H,5-6H2,1-4H3,(H,16,20)(H3,15,17,18,19). The second-order valence-corrected chi connectivity index (χ2v) is 5.74. The molecular weight excluding hydrogens is 254 g/mol. The molecule has 1 atom stereocenters. The van der Waals surface area contributed by atoms with Gasteiger partial charge in [0.05, 0.1) is 0 Å². The molecule has 0 bridgehead atoms. The number of nitrogens with one attached hydrogen (secondary N) is 2. The molecule has 0 radical (unpaired) electrons. The van der Waals surface area contributed by atoms with Crippen LogP contribution in [0.15, 0.2) is 0 Å². The molecule has 1 aliphatic carbocycles. The Hall–Kier alpha value is -1.85. The summed E-state index contributed by atoms with van der Waals surface area (Å²) in [6.07, 6.45) is 2.23. The maximum Gasteiger partial charge on any atom is 0.242 e. The molecule has 4 N–H and O–H groups in total. The van der Waals surface area contributed by atoms with Crippen molar-refractivity contribution in [3.05, 3.63) is 11.4 Å². The van der Waals surface area contributed by atoms with Gasteiger partial charge in [0, 0.05) is 17.5 Å². The van der Waals surface area contributed by atoms with E-state index < -0.39 is 0 Å². The van der Waals surface area contributed by atoms with Gasteiger partial charge < -0.3 is 16.4 Å². The number of nitrogens with zero attached hydrogens (tertiary/aromatic N) is 2. The second kappa shape index (κ2) is 5.64. The van der Waals surface area contributed by atoms with E-state index in [0.29, 0.717) is 17.6 Å². The Bertz CT molecular complexity index is 511. The summed E-state index contributed by atoms with van der Waals surface area (Å²) in [5, 5.41) is 6.01. The Morgan fingerprint density at radius 2 is 1.95 bits per heavy atom. The number of hydrogen-bond acceptors (Lipinski definition) is 5. The number of carbonyl (C=O) groups is 1. The van der Waals surface area contributed by atoms with Gasteiger partial charge in [-0.2, -0.15) is 0 Å². The normalized spacial score (nSPS) is 16.1. The first-order chi connectivity index (χ1) is 9.38. The van der Waals surface area contributed by atoms with Crippen LogP contribution in [-0.2, 0) is 4.79 Å². The third-order valence-corrected chi connectivity index (χ3v) is 3.32. The third kappa shape index (κ3) is 3.37. The molecule has 110 valence electrons. The van der Waals surface area contributed by atoms with Crippen LogP contribution in [0.3, 0.4) is 0 Å². The van der Waals surface area contributed by atoms with Crippen molar-refractivity contribution in [1.29, 1.82) is 0 Å². The van der Waals surface area contributed by atoms with Crippen LogP contribution in [0, 0.1) is 6.92 Å². The molecule has 0 aliphatic heterocycles. The van der Waals surface area contributed by atoms with Crippen LogP contribution in [0.1, 0.15) is 50.9 Å². The average Bonchev–Trinajstić information content (AvgIpc) is 3.17. The molecule has 1 aliphatic rings. The summed E-state index contributed by atoms with van der Waals surface area (Å²) in [6.45, 7) is 7.54. The summed E-state index contributed by atoms with van der Waals surface area (Å²) in [4.78, 5) is 20.8. The molecular formula is C14H23N5O. The highest BCUT2D eigenvalue weighted by molar-refractivity contribution is 5.84. The summed E-state index contributed by atoms with van der Waals surface area (Å²) < 4.78 is 0. The van der Waals surface area contributed by atoms with Gasteiger partial charge in [-0.1, -0.05) is 0 Å². The molecule has 0 aromatic carbocycles. The number of carbonyl (C=O) groups excluding carboxylic acids is 1. The number of rotatable bonds is 5. The molecule has 20 heavy (non-hydrogen) atoms. The summed E-state index contributed by atoms with van der Waals surface area (Å²) >= 11 is 0. The number of amides is 1. The van der Waals surface area contributed by atoms with E-state index in [4.69, 9.17) is 5.73 Å². The van der Waals surface area contributed by atoms with Crippen molar-refractivity contribution in [1.82, 2.24) is 15.3 Å². The molecule has 1 aromatic rings. The van der Waals surface area contributed by atoms with Gasteiger partial charge in [0.2, 0.25) is 5.91 Å². The van der Waals surface area contributed by atoms with E-state index in [2.05, 4.69) is 20.6 Å². The quantitative estimate of drug-likeness (QED) is 0.759. The SMILES string of the molecule is Cc1c(N)nc(C2CC2)nc1NC(C)C(=O)NC(C)C. The van der Waals surface area contributed by atoms with E-state index in [1.165, 1.54) is 0 Å². The van der Waals surface area contributed by atoms with E-state index in [0.717, 1.165) is 24.2 Å². The fourth-order valence-electron chi connectivity index (χ4n) is 1.90. The fraction of sp³-hybridized carbons (Fsp3) is 0.643. The molecule has 1 fully saturated rings. The molecule has 1 saturated carbocycles. The topological polar surface area (TPSA) is 92.9 Å². The van der Waals surface area contributed by atoms with Crippen molar-refractivity contribution in [2.75, 3.05) is 11.1 Å². The predicted molar refractivity (Wildman–Crippen MR) is 79.5 cm³/mol. The van der Waals surface area contributed by atoms with Gasteiger partial charge in [-0.25, -0.2) is 9.97 Å². The summed E-state index contributed by atoms with van der Waals surface area (Å²) in [6, 6.07) is -0.247. The van der Waals surface area contributed by atoms with Gasteiger partial charge in [-0.05, 0) is 40.5 Å². The van der Waals surface area contributed by atoms with Crippen LogP contribution >= 0.6 is 0 Å². The summed E-state index contributed by atoms with van der Waals surface area (Å²) in [5.41, 5.74) is 6.72. The fourth-order valence-corrected chi connectivity index (χ4v) is 1.90. The summed E-state index contributed by atoms with van der Waals surface area (Å²) in [7, 11) is 0. The first-order valence-corrected chi connectivity index (χ1v) is 7.09. The highest BCUT2D eigenvalue weighted by Gasteiger charge is 2.28. The van der Waals surface area contributed by atoms with Crippen LogP contribution in [-0.4, -0.2) is 28.0 Å². The molecule has 1 aromatic heterocycles. The maximum absolute atomic E-state index is 11.9. The van der Waals surface area contributed by atoms with Gasteiger partial charge in [-0.3, -0.25) is 4.79 Å². The minimum atomic E-state index is -0.363. The lowest BCUT2D eigenvalue weighted by Gasteiger charge is -2.18. The van der Waals surface area contributed by atoms with Crippen molar-refractivity contribution < 1.29 is 4.79 Å². The van der Waals surface area contributed by atoms with Crippen LogP contribution in [0.25, 0.3) is 0 Å². The zero-order valence-corrected chi connectivity index (χ0v) is 12.5. The van der Waals surface area contributed by atoms with Gasteiger partial charge in [0.1, 0.15) is 23.5 Å². The Balaban J connectivity index is 2.13. The van der Waals surface area contributed by atoms with E-state index in [1.54, 1.807) is 0 Å². The van der Waals surface area contributed by atoms with Crippen molar-refractivity contribution in [2.45, 2.75) is 58.5 Å².